The lowest BCUT2D eigenvalue weighted by atomic mass is 10.1. The molecule has 2 aromatic heterocycles. The number of benzene rings is 1. The average molecular weight is 371 g/mol. The van der Waals surface area contributed by atoms with Crippen molar-refractivity contribution in [3.8, 4) is 11.5 Å². The maximum atomic E-state index is 12.2. The summed E-state index contributed by atoms with van der Waals surface area (Å²) in [6, 6.07) is 7.28. The van der Waals surface area contributed by atoms with Gasteiger partial charge in [0, 0.05) is 12.6 Å². The Labute approximate surface area is 157 Å². The number of methoxy groups -OCH3 is 1. The Morgan fingerprint density at radius 1 is 1.15 bits per heavy atom. The molecule has 0 saturated heterocycles. The Balaban J connectivity index is 1.78. The van der Waals surface area contributed by atoms with Crippen LogP contribution in [-0.4, -0.2) is 32.8 Å². The van der Waals surface area contributed by atoms with Gasteiger partial charge in [-0.15, -0.1) is 0 Å². The molecule has 8 heteroatoms. The van der Waals surface area contributed by atoms with Crippen LogP contribution in [0, 0.1) is 0 Å². The van der Waals surface area contributed by atoms with Gasteiger partial charge in [0.15, 0.2) is 11.5 Å². The van der Waals surface area contributed by atoms with Crippen LogP contribution in [0.15, 0.2) is 29.1 Å². The predicted molar refractivity (Wildman–Crippen MR) is 104 cm³/mol. The van der Waals surface area contributed by atoms with E-state index in [-0.39, 0.29) is 17.6 Å². The number of aromatic amines is 1. The summed E-state index contributed by atoms with van der Waals surface area (Å²) in [4.78, 5) is 21.0. The molecule has 0 atom stereocenters. The summed E-state index contributed by atoms with van der Waals surface area (Å²) < 4.78 is 12.5. The molecule has 1 aromatic carbocycles. The fraction of sp³-hybridized carbons (Fsp3) is 0.421. The topological polar surface area (TPSA) is 93.5 Å². The summed E-state index contributed by atoms with van der Waals surface area (Å²) in [6.45, 7) is 8.42. The van der Waals surface area contributed by atoms with E-state index in [2.05, 4.69) is 20.4 Å². The van der Waals surface area contributed by atoms with Gasteiger partial charge in [0.2, 0.25) is 5.95 Å². The zero-order chi connectivity index (χ0) is 19.6. The Hall–Kier alpha value is -3.03. The number of H-pyrrole nitrogens is 1. The van der Waals surface area contributed by atoms with Crippen molar-refractivity contribution < 1.29 is 9.47 Å². The molecule has 0 unspecified atom stereocenters. The smallest absolute Gasteiger partial charge is 0.274 e. The Morgan fingerprint density at radius 3 is 2.59 bits per heavy atom. The molecule has 3 rings (SSSR count). The molecule has 0 aliphatic rings. The van der Waals surface area contributed by atoms with Gasteiger partial charge >= 0.3 is 0 Å². The van der Waals surface area contributed by atoms with Crippen LogP contribution in [0.5, 0.6) is 11.5 Å². The second-order valence-electron chi connectivity index (χ2n) is 6.89. The largest absolute Gasteiger partial charge is 0.493 e. The monoisotopic (exact) mass is 371 g/mol. The first-order chi connectivity index (χ1) is 12.9. The van der Waals surface area contributed by atoms with Crippen molar-refractivity contribution in [2.24, 2.45) is 0 Å². The van der Waals surface area contributed by atoms with Crippen molar-refractivity contribution in [3.63, 3.8) is 0 Å². The van der Waals surface area contributed by atoms with E-state index in [9.17, 15) is 4.79 Å². The van der Waals surface area contributed by atoms with Crippen LogP contribution in [0.2, 0.25) is 0 Å². The predicted octanol–water partition coefficient (Wildman–Crippen LogP) is 2.95. The summed E-state index contributed by atoms with van der Waals surface area (Å²) >= 11 is 0. The summed E-state index contributed by atoms with van der Waals surface area (Å²) in [6.07, 6.45) is 0.0694. The second kappa shape index (κ2) is 7.69. The number of anilines is 1. The third kappa shape index (κ3) is 4.21. The van der Waals surface area contributed by atoms with Gasteiger partial charge in [-0.25, -0.2) is 4.98 Å². The minimum Gasteiger partial charge on any atom is -0.493 e. The van der Waals surface area contributed by atoms with Gasteiger partial charge in [-0.1, -0.05) is 19.9 Å². The van der Waals surface area contributed by atoms with Gasteiger partial charge in [-0.2, -0.15) is 9.50 Å². The van der Waals surface area contributed by atoms with Crippen molar-refractivity contribution >= 4 is 11.7 Å². The highest BCUT2D eigenvalue weighted by molar-refractivity contribution is 5.44. The average Bonchev–Trinajstić information content (AvgIpc) is 3.04. The lowest BCUT2D eigenvalue weighted by molar-refractivity contribution is 0.230. The molecule has 2 N–H and O–H groups in total. The van der Waals surface area contributed by atoms with Crippen LogP contribution in [0.4, 0.5) is 5.95 Å². The fourth-order valence-corrected chi connectivity index (χ4v) is 2.63. The van der Waals surface area contributed by atoms with E-state index >= 15 is 0 Å². The molecule has 27 heavy (non-hydrogen) atoms. The summed E-state index contributed by atoms with van der Waals surface area (Å²) in [7, 11) is 1.61. The molecule has 0 aliphatic heterocycles. The van der Waals surface area contributed by atoms with Crippen LogP contribution in [-0.2, 0) is 6.54 Å². The number of fused-ring (bicyclic) bond motifs is 1. The molecule has 3 aromatic rings. The zero-order valence-electron chi connectivity index (χ0n) is 16.2. The lowest BCUT2D eigenvalue weighted by Gasteiger charge is -2.14. The SMILES string of the molecule is COc1cc(CNc2nc3nc(C(C)C)cc(=O)n3[nH]2)ccc1OC(C)C. The van der Waals surface area contributed by atoms with Crippen molar-refractivity contribution in [2.75, 3.05) is 12.4 Å². The van der Waals surface area contributed by atoms with E-state index in [0.717, 1.165) is 11.3 Å². The molecule has 144 valence electrons. The van der Waals surface area contributed by atoms with E-state index in [1.807, 2.05) is 45.9 Å². The van der Waals surface area contributed by atoms with Gasteiger partial charge < -0.3 is 14.8 Å². The number of nitrogens with one attached hydrogen (secondary N) is 2. The molecule has 0 radical (unpaired) electrons. The van der Waals surface area contributed by atoms with Gasteiger partial charge in [0.1, 0.15) is 0 Å². The van der Waals surface area contributed by atoms with Crippen molar-refractivity contribution in [1.29, 1.82) is 0 Å². The Kier molecular flexibility index (Phi) is 5.34. The Bertz CT molecular complexity index is 991. The third-order valence-electron chi connectivity index (χ3n) is 3.99. The lowest BCUT2D eigenvalue weighted by Crippen LogP contribution is -2.16. The second-order valence-corrected chi connectivity index (χ2v) is 6.89. The van der Waals surface area contributed by atoms with Crippen LogP contribution in [0.1, 0.15) is 44.9 Å². The van der Waals surface area contributed by atoms with E-state index in [4.69, 9.17) is 9.47 Å². The molecule has 2 heterocycles. The highest BCUT2D eigenvalue weighted by atomic mass is 16.5. The quantitative estimate of drug-likeness (QED) is 0.663. The first kappa shape index (κ1) is 18.8. The maximum Gasteiger partial charge on any atom is 0.274 e. The minimum absolute atomic E-state index is 0.0694. The minimum atomic E-state index is -0.180. The maximum absolute atomic E-state index is 12.2. The van der Waals surface area contributed by atoms with Gasteiger partial charge in [0.05, 0.1) is 18.9 Å². The third-order valence-corrected chi connectivity index (χ3v) is 3.99. The van der Waals surface area contributed by atoms with Crippen LogP contribution >= 0.6 is 0 Å². The van der Waals surface area contributed by atoms with Crippen LogP contribution in [0.3, 0.4) is 0 Å². The standard InChI is InChI=1S/C19H25N5O3/c1-11(2)14-9-17(25)24-19(21-14)22-18(23-24)20-10-13-6-7-15(27-12(3)4)16(8-13)26-5/h6-9,11-12H,10H2,1-5H3,(H2,20,21,22,23). The normalized spacial score (nSPS) is 11.4. The van der Waals surface area contributed by atoms with E-state index in [1.54, 1.807) is 7.11 Å². The van der Waals surface area contributed by atoms with Crippen LogP contribution < -0.4 is 20.3 Å². The molecule has 0 amide bonds. The molecule has 0 aliphatic carbocycles. The highest BCUT2D eigenvalue weighted by Crippen LogP contribution is 2.29. The van der Waals surface area contributed by atoms with Crippen LogP contribution in [0.25, 0.3) is 5.78 Å². The Morgan fingerprint density at radius 2 is 1.93 bits per heavy atom. The molecule has 0 bridgehead atoms. The van der Waals surface area contributed by atoms with Gasteiger partial charge in [0.25, 0.3) is 11.3 Å². The molecular weight excluding hydrogens is 346 g/mol. The van der Waals surface area contributed by atoms with Crippen molar-refractivity contribution in [1.82, 2.24) is 19.6 Å². The summed E-state index contributed by atoms with van der Waals surface area (Å²) in [5.41, 5.74) is 1.54. The van der Waals surface area contributed by atoms with E-state index in [0.29, 0.717) is 29.8 Å². The fourth-order valence-electron chi connectivity index (χ4n) is 2.63. The van der Waals surface area contributed by atoms with E-state index in [1.165, 1.54) is 10.6 Å². The number of hydrogen-bond donors (Lipinski definition) is 2. The van der Waals surface area contributed by atoms with E-state index < -0.39 is 0 Å². The molecule has 0 fully saturated rings. The first-order valence-corrected chi connectivity index (χ1v) is 8.94. The summed E-state index contributed by atoms with van der Waals surface area (Å²) in [5.74, 6) is 2.37. The molecule has 0 saturated carbocycles. The number of aromatic nitrogens is 4. The van der Waals surface area contributed by atoms with Crippen molar-refractivity contribution in [3.05, 3.63) is 45.9 Å². The number of hydrogen-bond acceptors (Lipinski definition) is 6. The number of nitrogens with zero attached hydrogens (tertiary/aromatic N) is 3. The van der Waals surface area contributed by atoms with Gasteiger partial charge in [-0.3, -0.25) is 9.89 Å². The summed E-state index contributed by atoms with van der Waals surface area (Å²) in [5, 5.41) is 6.10. The first-order valence-electron chi connectivity index (χ1n) is 8.94. The molecular formula is C19H25N5O3. The zero-order valence-corrected chi connectivity index (χ0v) is 16.2. The molecule has 0 spiro atoms. The van der Waals surface area contributed by atoms with Gasteiger partial charge in [-0.05, 0) is 37.5 Å². The molecule has 8 nitrogen and oxygen atoms in total. The number of ether oxygens (including phenoxy) is 2. The highest BCUT2D eigenvalue weighted by Gasteiger charge is 2.11. The number of rotatable bonds is 7. The van der Waals surface area contributed by atoms with Crippen molar-refractivity contribution in [2.45, 2.75) is 46.3 Å².